The molecule has 9 nitrogen and oxygen atoms in total. The predicted octanol–water partition coefficient (Wildman–Crippen LogP) is 4.11. The Kier molecular flexibility index (Phi) is 6.26. The van der Waals surface area contributed by atoms with Gasteiger partial charge in [-0.3, -0.25) is 0 Å². The zero-order valence-electron chi connectivity index (χ0n) is 21.6. The monoisotopic (exact) mass is 540 g/mol. The van der Waals surface area contributed by atoms with E-state index in [0.717, 1.165) is 0 Å². The van der Waals surface area contributed by atoms with Gasteiger partial charge in [-0.05, 0) is 45.2 Å². The van der Waals surface area contributed by atoms with Crippen molar-refractivity contribution in [1.29, 1.82) is 0 Å². The van der Waals surface area contributed by atoms with Gasteiger partial charge in [0, 0.05) is 43.4 Å². The van der Waals surface area contributed by atoms with Gasteiger partial charge in [0.25, 0.3) is 5.92 Å². The molecule has 3 aliphatic rings. The number of alkyl halides is 4. The summed E-state index contributed by atoms with van der Waals surface area (Å²) in [4.78, 5) is 30.7. The van der Waals surface area contributed by atoms with Crippen LogP contribution in [0.3, 0.4) is 0 Å². The summed E-state index contributed by atoms with van der Waals surface area (Å²) >= 11 is 0. The lowest BCUT2D eigenvalue weighted by atomic mass is 9.71. The minimum absolute atomic E-state index is 0.0507. The van der Waals surface area contributed by atoms with E-state index in [-0.39, 0.29) is 51.9 Å². The van der Waals surface area contributed by atoms with E-state index in [1.807, 2.05) is 0 Å². The second kappa shape index (κ2) is 8.98. The molecule has 13 heteroatoms. The van der Waals surface area contributed by atoms with Gasteiger partial charge in [0.1, 0.15) is 6.61 Å². The van der Waals surface area contributed by atoms with Crippen molar-refractivity contribution in [2.24, 2.45) is 11.8 Å². The van der Waals surface area contributed by atoms with E-state index in [2.05, 4.69) is 20.7 Å². The van der Waals surface area contributed by atoms with E-state index in [4.69, 9.17) is 4.74 Å². The van der Waals surface area contributed by atoms with Gasteiger partial charge in [-0.2, -0.15) is 5.10 Å². The number of alkyl carbamates (subject to hydrolysis) is 1. The Morgan fingerprint density at radius 2 is 1.89 bits per heavy atom. The zero-order valence-corrected chi connectivity index (χ0v) is 21.6. The molecule has 3 fully saturated rings. The molecule has 2 saturated carbocycles. The topological polar surface area (TPSA) is 101 Å². The van der Waals surface area contributed by atoms with Crippen LogP contribution in [0.2, 0.25) is 0 Å². The molecule has 1 saturated heterocycles. The number of aromatic nitrogens is 3. The standard InChI is InChI=1S/C25H32F4N6O3/c1-22(2,3)33-21(37)38-14-23(4-6-24(26,27)7-5-23)18-13-35-19(32-18)8-15(9-31-35)11-34-12-17-16(25(17,28)29)10-30-20(34)36/h8-9,13,16-17H,4-7,10-12,14H2,1-3H3,(H,30,36)(H,33,37)/t16-,17-/m1/s1. The molecule has 3 amide bonds. The third-order valence-corrected chi connectivity index (χ3v) is 7.73. The molecule has 5 rings (SSSR count). The Morgan fingerprint density at radius 3 is 2.58 bits per heavy atom. The van der Waals surface area contributed by atoms with E-state index in [9.17, 15) is 27.2 Å². The maximum absolute atomic E-state index is 14.1. The van der Waals surface area contributed by atoms with Gasteiger partial charge in [0.15, 0.2) is 5.65 Å². The molecule has 38 heavy (non-hydrogen) atoms. The molecule has 208 valence electrons. The van der Waals surface area contributed by atoms with Crippen molar-refractivity contribution < 1.29 is 31.9 Å². The van der Waals surface area contributed by atoms with Gasteiger partial charge in [-0.1, -0.05) is 0 Å². The lowest BCUT2D eigenvalue weighted by molar-refractivity contribution is -0.0605. The highest BCUT2D eigenvalue weighted by Gasteiger charge is 2.69. The lowest BCUT2D eigenvalue weighted by Gasteiger charge is -2.38. The van der Waals surface area contributed by atoms with Gasteiger partial charge < -0.3 is 20.3 Å². The van der Waals surface area contributed by atoms with Crippen molar-refractivity contribution >= 4 is 17.8 Å². The molecule has 0 unspecified atom stereocenters. The van der Waals surface area contributed by atoms with Crippen LogP contribution in [-0.2, 0) is 16.7 Å². The Labute approximate surface area is 217 Å². The number of imidazole rings is 1. The second-order valence-corrected chi connectivity index (χ2v) is 11.8. The van der Waals surface area contributed by atoms with E-state index in [0.29, 0.717) is 16.9 Å². The van der Waals surface area contributed by atoms with Crippen LogP contribution in [-0.4, -0.2) is 68.7 Å². The van der Waals surface area contributed by atoms with E-state index >= 15 is 0 Å². The summed E-state index contributed by atoms with van der Waals surface area (Å²) in [5.74, 6) is -7.27. The summed E-state index contributed by atoms with van der Waals surface area (Å²) in [6.45, 7) is 5.27. The van der Waals surface area contributed by atoms with Gasteiger partial charge in [0.2, 0.25) is 5.92 Å². The Bertz CT molecular complexity index is 1230. The third-order valence-electron chi connectivity index (χ3n) is 7.73. The normalized spacial score (nSPS) is 25.8. The molecule has 2 aliphatic carbocycles. The molecule has 3 heterocycles. The van der Waals surface area contributed by atoms with Crippen LogP contribution in [0.1, 0.15) is 57.7 Å². The summed E-state index contributed by atoms with van der Waals surface area (Å²) in [5.41, 5.74) is 0.0557. The highest BCUT2D eigenvalue weighted by atomic mass is 19.3. The molecular formula is C25H32F4N6O3. The van der Waals surface area contributed by atoms with Gasteiger partial charge in [0.05, 0.1) is 29.9 Å². The fourth-order valence-corrected chi connectivity index (χ4v) is 5.35. The molecule has 0 bridgehead atoms. The number of amides is 3. The zero-order chi connectivity index (χ0) is 27.5. The fourth-order valence-electron chi connectivity index (χ4n) is 5.35. The van der Waals surface area contributed by atoms with Crippen molar-refractivity contribution in [2.75, 3.05) is 19.7 Å². The Hall–Kier alpha value is -3.12. The van der Waals surface area contributed by atoms with Crippen LogP contribution in [0.15, 0.2) is 18.5 Å². The minimum Gasteiger partial charge on any atom is -0.449 e. The second-order valence-electron chi connectivity index (χ2n) is 11.8. The van der Waals surface area contributed by atoms with Crippen LogP contribution in [0.25, 0.3) is 5.65 Å². The first-order valence-corrected chi connectivity index (χ1v) is 12.8. The van der Waals surface area contributed by atoms with E-state index in [1.165, 1.54) is 15.6 Å². The van der Waals surface area contributed by atoms with Crippen molar-refractivity contribution in [2.45, 2.75) is 75.8 Å². The number of fused-ring (bicyclic) bond motifs is 2. The predicted molar refractivity (Wildman–Crippen MR) is 128 cm³/mol. The highest BCUT2D eigenvalue weighted by molar-refractivity contribution is 5.75. The van der Waals surface area contributed by atoms with Gasteiger partial charge in [-0.15, -0.1) is 0 Å². The maximum Gasteiger partial charge on any atom is 0.407 e. The Morgan fingerprint density at radius 1 is 1.18 bits per heavy atom. The highest BCUT2D eigenvalue weighted by Crippen LogP contribution is 2.55. The number of ether oxygens (including phenoxy) is 1. The van der Waals surface area contributed by atoms with Gasteiger partial charge in [-0.25, -0.2) is 36.7 Å². The molecule has 0 aromatic carbocycles. The largest absolute Gasteiger partial charge is 0.449 e. The van der Waals surface area contributed by atoms with Crippen LogP contribution in [0, 0.1) is 11.8 Å². The summed E-state index contributed by atoms with van der Waals surface area (Å²) in [6, 6.07) is 1.28. The molecule has 2 aromatic heterocycles. The van der Waals surface area contributed by atoms with Crippen LogP contribution < -0.4 is 10.6 Å². The molecule has 2 aromatic rings. The number of hydrogen-bond donors (Lipinski definition) is 2. The molecule has 1 aliphatic heterocycles. The van der Waals surface area contributed by atoms with Crippen LogP contribution in [0.5, 0.6) is 0 Å². The number of nitrogens with one attached hydrogen (secondary N) is 2. The third kappa shape index (κ3) is 5.24. The average molecular weight is 541 g/mol. The van der Waals surface area contributed by atoms with Crippen molar-refractivity contribution in [3.05, 3.63) is 29.7 Å². The number of nitrogens with zero attached hydrogens (tertiary/aromatic N) is 4. The first kappa shape index (κ1) is 26.5. The SMILES string of the molecule is CC(C)(C)NC(=O)OCC1(c2cn3ncc(CN4C[C@@H]5[C@@H](CNC4=O)C5(F)F)cc3n2)CCC(F)(F)CC1. The van der Waals surface area contributed by atoms with Crippen LogP contribution >= 0.6 is 0 Å². The number of carbonyl (C=O) groups is 2. The first-order chi connectivity index (χ1) is 17.7. The fraction of sp³-hybridized carbons (Fsp3) is 0.680. The lowest BCUT2D eigenvalue weighted by Crippen LogP contribution is -2.45. The molecule has 0 radical (unpaired) electrons. The smallest absolute Gasteiger partial charge is 0.407 e. The molecule has 0 spiro atoms. The quantitative estimate of drug-likeness (QED) is 0.556. The van der Waals surface area contributed by atoms with Crippen molar-refractivity contribution in [1.82, 2.24) is 30.1 Å². The Balaban J connectivity index is 1.36. The molecule has 2 N–H and O–H groups in total. The summed E-state index contributed by atoms with van der Waals surface area (Å²) < 4.78 is 62.9. The summed E-state index contributed by atoms with van der Waals surface area (Å²) in [7, 11) is 0. The van der Waals surface area contributed by atoms with Crippen molar-refractivity contribution in [3.63, 3.8) is 0 Å². The number of hydrogen-bond acceptors (Lipinski definition) is 5. The molecule has 2 atom stereocenters. The average Bonchev–Trinajstić information content (AvgIpc) is 3.14. The number of halogens is 4. The number of carbonyl (C=O) groups excluding carboxylic acids is 2. The van der Waals surface area contributed by atoms with Crippen LogP contribution in [0.4, 0.5) is 27.2 Å². The van der Waals surface area contributed by atoms with E-state index < -0.39 is 46.8 Å². The maximum atomic E-state index is 14.1. The number of rotatable bonds is 5. The van der Waals surface area contributed by atoms with Gasteiger partial charge >= 0.3 is 12.1 Å². The van der Waals surface area contributed by atoms with E-state index in [1.54, 1.807) is 33.0 Å². The summed E-state index contributed by atoms with van der Waals surface area (Å²) in [5, 5.41) is 9.61. The first-order valence-electron chi connectivity index (χ1n) is 12.8. The molecular weight excluding hydrogens is 508 g/mol. The summed E-state index contributed by atoms with van der Waals surface area (Å²) in [6.07, 6.45) is 1.95. The van der Waals surface area contributed by atoms with Crippen molar-refractivity contribution in [3.8, 4) is 0 Å². The minimum atomic E-state index is -2.80. The number of urea groups is 1.